The first-order valence-corrected chi connectivity index (χ1v) is 11.9. The number of nitrogens with one attached hydrogen (secondary N) is 1. The lowest BCUT2D eigenvalue weighted by Gasteiger charge is -2.32. The van der Waals surface area contributed by atoms with E-state index in [-0.39, 0.29) is 17.7 Å². The molecule has 7 heteroatoms. The average molecular weight is 468 g/mol. The van der Waals surface area contributed by atoms with Crippen molar-refractivity contribution >= 4 is 29.0 Å². The number of nitriles is 1. The molecular weight excluding hydrogens is 438 g/mol. The molecule has 1 aliphatic heterocycles. The van der Waals surface area contributed by atoms with Gasteiger partial charge in [0.25, 0.3) is 0 Å². The highest BCUT2D eigenvalue weighted by molar-refractivity contribution is 5.95. The number of carbonyl (C=O) groups is 2. The van der Waals surface area contributed by atoms with Gasteiger partial charge in [0.15, 0.2) is 0 Å². The highest BCUT2D eigenvalue weighted by Gasteiger charge is 2.25. The molecule has 0 saturated carbocycles. The zero-order valence-electron chi connectivity index (χ0n) is 19.9. The van der Waals surface area contributed by atoms with Crippen LogP contribution >= 0.6 is 0 Å². The van der Waals surface area contributed by atoms with Crippen LogP contribution in [0.3, 0.4) is 0 Å². The minimum atomic E-state index is -0.0603. The maximum absolute atomic E-state index is 12.8. The number of nitrogens with zero attached hydrogens (tertiary/aromatic N) is 4. The fourth-order valence-corrected chi connectivity index (χ4v) is 4.34. The van der Waals surface area contributed by atoms with E-state index in [2.05, 4.69) is 21.3 Å². The molecule has 178 valence electrons. The number of pyridine rings is 1. The molecule has 35 heavy (non-hydrogen) atoms. The summed E-state index contributed by atoms with van der Waals surface area (Å²) in [4.78, 5) is 33.9. The van der Waals surface area contributed by atoms with Crippen molar-refractivity contribution in [2.75, 3.05) is 34.8 Å². The molecule has 1 N–H and O–H groups in total. The Hall–Kier alpha value is -4.18. The van der Waals surface area contributed by atoms with Gasteiger partial charge < -0.3 is 15.1 Å². The number of amides is 2. The van der Waals surface area contributed by atoms with E-state index in [1.54, 1.807) is 17.2 Å². The van der Waals surface area contributed by atoms with E-state index < -0.39 is 0 Å². The number of carbonyl (C=O) groups excluding carboxylic acids is 2. The van der Waals surface area contributed by atoms with Gasteiger partial charge in [0, 0.05) is 43.1 Å². The Labute approximate surface area is 206 Å². The van der Waals surface area contributed by atoms with Crippen LogP contribution in [-0.4, -0.2) is 36.4 Å². The molecule has 0 unspecified atom stereocenters. The number of piperidine rings is 1. The number of aromatic nitrogens is 1. The Balaban J connectivity index is 1.28. The van der Waals surface area contributed by atoms with E-state index >= 15 is 0 Å². The third kappa shape index (κ3) is 6.04. The van der Waals surface area contributed by atoms with Crippen LogP contribution in [0.4, 0.5) is 17.2 Å². The summed E-state index contributed by atoms with van der Waals surface area (Å²) in [5, 5.41) is 11.9. The fourth-order valence-electron chi connectivity index (χ4n) is 4.34. The number of likely N-dealkylation sites (N-methyl/N-ethyl adjacent to an activating group) is 1. The number of hydrogen-bond acceptors (Lipinski definition) is 5. The summed E-state index contributed by atoms with van der Waals surface area (Å²) in [6.45, 7) is 4.06. The van der Waals surface area contributed by atoms with Gasteiger partial charge in [-0.3, -0.25) is 9.59 Å². The van der Waals surface area contributed by atoms with E-state index in [0.29, 0.717) is 18.5 Å². The zero-order valence-corrected chi connectivity index (χ0v) is 19.9. The Morgan fingerprint density at radius 1 is 1.06 bits per heavy atom. The molecule has 0 atom stereocenters. The van der Waals surface area contributed by atoms with Gasteiger partial charge in [-0.25, -0.2) is 4.98 Å². The molecule has 1 aromatic heterocycles. The van der Waals surface area contributed by atoms with Gasteiger partial charge in [-0.15, -0.1) is 0 Å². The lowest BCUT2D eigenvalue weighted by Crippen LogP contribution is -2.38. The second-order valence-corrected chi connectivity index (χ2v) is 8.61. The van der Waals surface area contributed by atoms with E-state index in [1.807, 2.05) is 67.6 Å². The number of para-hydroxylation sites is 1. The minimum Gasteiger partial charge on any atom is -0.357 e. The summed E-state index contributed by atoms with van der Waals surface area (Å²) in [7, 11) is 0. The lowest BCUT2D eigenvalue weighted by atomic mass is 9.95. The van der Waals surface area contributed by atoms with Crippen molar-refractivity contribution in [1.82, 2.24) is 4.98 Å². The second-order valence-electron chi connectivity index (χ2n) is 8.61. The largest absolute Gasteiger partial charge is 0.357 e. The smallest absolute Gasteiger partial charge is 0.231 e. The van der Waals surface area contributed by atoms with Crippen LogP contribution in [-0.2, 0) is 16.0 Å². The van der Waals surface area contributed by atoms with Crippen LogP contribution in [0.25, 0.3) is 0 Å². The molecule has 1 fully saturated rings. The van der Waals surface area contributed by atoms with Crippen LogP contribution in [0.15, 0.2) is 72.9 Å². The molecule has 1 saturated heterocycles. The first kappa shape index (κ1) is 24.0. The fraction of sp³-hybridized carbons (Fsp3) is 0.286. The van der Waals surface area contributed by atoms with Gasteiger partial charge in [0.1, 0.15) is 11.9 Å². The maximum Gasteiger partial charge on any atom is 0.231 e. The monoisotopic (exact) mass is 467 g/mol. The Kier molecular flexibility index (Phi) is 7.74. The third-order valence-corrected chi connectivity index (χ3v) is 6.33. The summed E-state index contributed by atoms with van der Waals surface area (Å²) in [6, 6.07) is 22.9. The minimum absolute atomic E-state index is 0.0162. The van der Waals surface area contributed by atoms with E-state index in [0.717, 1.165) is 48.7 Å². The molecule has 0 bridgehead atoms. The van der Waals surface area contributed by atoms with E-state index in [4.69, 9.17) is 5.26 Å². The quantitative estimate of drug-likeness (QED) is 0.556. The van der Waals surface area contributed by atoms with Crippen LogP contribution < -0.4 is 15.1 Å². The molecule has 4 rings (SSSR count). The molecule has 1 aliphatic rings. The summed E-state index contributed by atoms with van der Waals surface area (Å²) < 4.78 is 0. The molecule has 2 amide bonds. The van der Waals surface area contributed by atoms with Gasteiger partial charge in [0.2, 0.25) is 11.8 Å². The van der Waals surface area contributed by atoms with Crippen LogP contribution in [0.1, 0.15) is 30.9 Å². The first-order chi connectivity index (χ1) is 17.1. The number of anilines is 3. The highest BCUT2D eigenvalue weighted by atomic mass is 16.2. The van der Waals surface area contributed by atoms with Crippen molar-refractivity contribution in [2.24, 2.45) is 5.92 Å². The van der Waals surface area contributed by atoms with Crippen molar-refractivity contribution in [3.8, 4) is 6.07 Å². The van der Waals surface area contributed by atoms with Gasteiger partial charge in [-0.05, 0) is 61.7 Å². The Bertz CT molecular complexity index is 1180. The van der Waals surface area contributed by atoms with Crippen molar-refractivity contribution in [2.45, 2.75) is 26.2 Å². The molecule has 7 nitrogen and oxygen atoms in total. The zero-order chi connectivity index (χ0) is 24.6. The average Bonchev–Trinajstić information content (AvgIpc) is 2.91. The van der Waals surface area contributed by atoms with E-state index in [9.17, 15) is 9.59 Å². The van der Waals surface area contributed by atoms with Crippen molar-refractivity contribution < 1.29 is 9.59 Å². The van der Waals surface area contributed by atoms with E-state index in [1.165, 1.54) is 0 Å². The van der Waals surface area contributed by atoms with Gasteiger partial charge in [0.05, 0.1) is 12.0 Å². The van der Waals surface area contributed by atoms with Crippen LogP contribution in [0, 0.1) is 17.2 Å². The summed E-state index contributed by atoms with van der Waals surface area (Å²) >= 11 is 0. The summed E-state index contributed by atoms with van der Waals surface area (Å²) in [5.41, 5.74) is 3.07. The molecular formula is C28H29N5O2. The van der Waals surface area contributed by atoms with Crippen molar-refractivity contribution in [3.05, 3.63) is 84.1 Å². The highest BCUT2D eigenvalue weighted by Crippen LogP contribution is 2.24. The maximum atomic E-state index is 12.8. The number of benzene rings is 2. The van der Waals surface area contributed by atoms with Gasteiger partial charge in [-0.1, -0.05) is 30.3 Å². The molecule has 3 aromatic rings. The van der Waals surface area contributed by atoms with Gasteiger partial charge >= 0.3 is 0 Å². The molecule has 0 radical (unpaired) electrons. The van der Waals surface area contributed by atoms with Crippen LogP contribution in [0.5, 0.6) is 0 Å². The molecule has 2 heterocycles. The Morgan fingerprint density at radius 3 is 2.37 bits per heavy atom. The Morgan fingerprint density at radius 2 is 1.77 bits per heavy atom. The standard InChI is InChI=1S/C28H29N5O2/c1-2-33(25-6-4-3-5-7-25)27(34)18-21-8-11-24(12-9-21)31-28(35)23-14-16-32(17-15-23)26-13-10-22(19-29)20-30-26/h3-13,20,23H,2,14-18H2,1H3,(H,31,35). The molecule has 0 aliphatic carbocycles. The number of hydrogen-bond donors (Lipinski definition) is 1. The number of rotatable bonds is 7. The molecule has 2 aromatic carbocycles. The summed E-state index contributed by atoms with van der Waals surface area (Å²) in [6.07, 6.45) is 3.37. The van der Waals surface area contributed by atoms with Crippen LogP contribution in [0.2, 0.25) is 0 Å². The topological polar surface area (TPSA) is 89.3 Å². The van der Waals surface area contributed by atoms with Gasteiger partial charge in [-0.2, -0.15) is 5.26 Å². The second kappa shape index (κ2) is 11.3. The molecule has 0 spiro atoms. The lowest BCUT2D eigenvalue weighted by molar-refractivity contribution is -0.120. The predicted octanol–water partition coefficient (Wildman–Crippen LogP) is 4.40. The third-order valence-electron chi connectivity index (χ3n) is 6.33. The van der Waals surface area contributed by atoms with Crippen molar-refractivity contribution in [1.29, 1.82) is 5.26 Å². The normalized spacial score (nSPS) is 13.7. The summed E-state index contributed by atoms with van der Waals surface area (Å²) in [5.74, 6) is 0.832. The van der Waals surface area contributed by atoms with Crippen molar-refractivity contribution in [3.63, 3.8) is 0 Å². The first-order valence-electron chi connectivity index (χ1n) is 11.9. The SMILES string of the molecule is CCN(C(=O)Cc1ccc(NC(=O)C2CCN(c3ccc(C#N)cn3)CC2)cc1)c1ccccc1. The predicted molar refractivity (Wildman–Crippen MR) is 137 cm³/mol.